The molecule has 9 aliphatic carbocycles. The Balaban J connectivity index is 0.000000302. The second-order valence-electron chi connectivity index (χ2n) is 28.8. The molecule has 0 aromatic heterocycles. The molecule has 508 valence electrons. The smallest absolute Gasteiger partial charge is 0.461 e. The highest BCUT2D eigenvalue weighted by Crippen LogP contribution is 2.67. The van der Waals surface area contributed by atoms with Crippen molar-refractivity contribution >= 4 is 68.4 Å². The first-order valence-electron chi connectivity index (χ1n) is 32.2. The normalized spacial score (nSPS) is 29.4. The number of ketones is 3. The lowest BCUT2D eigenvalue weighted by Crippen LogP contribution is -3.00. The van der Waals surface area contributed by atoms with E-state index in [9.17, 15) is 56.8 Å². The van der Waals surface area contributed by atoms with Crippen LogP contribution >= 0.6 is 0 Å². The first-order valence-corrected chi connectivity index (χ1v) is 32.2. The molecule has 0 radical (unpaired) electrons. The summed E-state index contributed by atoms with van der Waals surface area (Å²) >= 11 is 0. The van der Waals surface area contributed by atoms with Gasteiger partial charge in [0.05, 0.1) is 41.5 Å². The fraction of sp³-hybridized carbons (Fsp3) is 0.871. The van der Waals surface area contributed by atoms with Crippen molar-refractivity contribution in [2.24, 2.45) is 58.0 Å². The Kier molecular flexibility index (Phi) is 29.9. The number of hydrogen-bond donors (Lipinski definition) is 7. The summed E-state index contributed by atoms with van der Waals surface area (Å²) in [4.78, 5) is 85.8. The molecule has 8 N–H and O–H groups in total. The summed E-state index contributed by atoms with van der Waals surface area (Å²) in [5, 5.41) is 43.1. The van der Waals surface area contributed by atoms with Gasteiger partial charge in [-0.05, 0) is 151 Å². The number of aliphatic carboxylic acids is 2. The lowest BCUT2D eigenvalue weighted by molar-refractivity contribution is -0.344. The molecule has 11 fully saturated rings. The van der Waals surface area contributed by atoms with E-state index in [1.165, 1.54) is 105 Å². The molecule has 2 aliphatic heterocycles. The van der Waals surface area contributed by atoms with Crippen LogP contribution in [-0.2, 0) is 57.0 Å². The Morgan fingerprint density at radius 3 is 1.27 bits per heavy atom. The van der Waals surface area contributed by atoms with Crippen molar-refractivity contribution in [3.63, 3.8) is 0 Å². The zero-order valence-electron chi connectivity index (χ0n) is 55.4. The second-order valence-corrected chi connectivity index (χ2v) is 28.8. The summed E-state index contributed by atoms with van der Waals surface area (Å²) in [7, 11) is -1.70. The van der Waals surface area contributed by atoms with Gasteiger partial charge in [0, 0.05) is 45.2 Å². The van der Waals surface area contributed by atoms with Crippen LogP contribution < -0.4 is 39.2 Å². The molecule has 4 unspecified atom stereocenters. The maximum Gasteiger partial charge on any atom is 0.461 e. The SMILES string of the molecule is CC(=O)C(C)N.CC(=O)NC(C)C(=O)C[C@@H](CC1CCC1)B(O)O.CC(=O)NC(C)C(=O)C[C@@H](CC1CCC1)B1O[C@@H]2C[C@@H]3C[C@@H](C3(C)C)[C@]2(C)O1.CC(=O)NC(C)C(=O)O.C[C@@H](CC1CCC1)B1O[C@@H]2C[C@@H]3C[C@@H](C3(C)C)[C@]2(C)O1.O=C([O-])C(F)(F)F.[Cl-]. The molecule has 27 heteroatoms. The average molecular weight is 1290 g/mol. The molecule has 4 bridgehead atoms. The van der Waals surface area contributed by atoms with Gasteiger partial charge in [-0.3, -0.25) is 33.6 Å². The first kappa shape index (κ1) is 79.6. The van der Waals surface area contributed by atoms with Crippen LogP contribution in [0.1, 0.15) is 219 Å². The van der Waals surface area contributed by atoms with Crippen molar-refractivity contribution < 1.29 is 103 Å². The fourth-order valence-electron chi connectivity index (χ4n) is 14.5. The van der Waals surface area contributed by atoms with Gasteiger partial charge in [-0.25, -0.2) is 0 Å². The fourth-order valence-corrected chi connectivity index (χ4v) is 14.5. The van der Waals surface area contributed by atoms with Crippen molar-refractivity contribution in [1.29, 1.82) is 0 Å². The van der Waals surface area contributed by atoms with Gasteiger partial charge in [-0.2, -0.15) is 13.2 Å². The number of carbonyl (C=O) groups excluding carboxylic acids is 7. The number of rotatable bonds is 20. The highest BCUT2D eigenvalue weighted by molar-refractivity contribution is 6.48. The Labute approximate surface area is 533 Å². The highest BCUT2D eigenvalue weighted by atomic mass is 35.5. The summed E-state index contributed by atoms with van der Waals surface area (Å²) in [6, 6.07) is -2.09. The van der Waals surface area contributed by atoms with Crippen molar-refractivity contribution in [2.75, 3.05) is 0 Å². The number of nitrogens with one attached hydrogen (secondary N) is 3. The van der Waals surface area contributed by atoms with Crippen molar-refractivity contribution in [1.82, 2.24) is 16.0 Å². The van der Waals surface area contributed by atoms with E-state index in [1.54, 1.807) is 20.8 Å². The maximum absolute atomic E-state index is 12.8. The lowest BCUT2D eigenvalue weighted by Gasteiger charge is -2.64. The predicted octanol–water partition coefficient (Wildman–Crippen LogP) is 4.38. The van der Waals surface area contributed by atoms with Gasteiger partial charge in [0.15, 0.2) is 11.6 Å². The van der Waals surface area contributed by atoms with Crippen LogP contribution in [0.15, 0.2) is 0 Å². The van der Waals surface area contributed by atoms with Gasteiger partial charge in [0.2, 0.25) is 17.7 Å². The molecule has 3 amide bonds. The summed E-state index contributed by atoms with van der Waals surface area (Å²) in [5.74, 6) is 0.364. The van der Waals surface area contributed by atoms with Crippen molar-refractivity contribution in [3.8, 4) is 0 Å². The molecule has 2 heterocycles. The molecule has 15 atom stereocenters. The predicted molar refractivity (Wildman–Crippen MR) is 325 cm³/mol. The summed E-state index contributed by atoms with van der Waals surface area (Å²) < 4.78 is 57.6. The summed E-state index contributed by atoms with van der Waals surface area (Å²) in [5.41, 5.74) is 5.62. The average Bonchev–Trinajstić information content (AvgIpc) is 1.69. The first-order chi connectivity index (χ1) is 40.5. The van der Waals surface area contributed by atoms with Crippen LogP contribution in [0.3, 0.4) is 0 Å². The number of alkyl halides is 3. The Bertz CT molecular complexity index is 2400. The molecule has 89 heavy (non-hydrogen) atoms. The van der Waals surface area contributed by atoms with E-state index in [-0.39, 0.29) is 97.3 Å². The monoisotopic (exact) mass is 1290 g/mol. The quantitative estimate of drug-likeness (QED) is 0.0832. The van der Waals surface area contributed by atoms with E-state index < -0.39 is 49.2 Å². The molecule has 0 spiro atoms. The van der Waals surface area contributed by atoms with E-state index >= 15 is 0 Å². The number of carboxylic acids is 2. The zero-order valence-corrected chi connectivity index (χ0v) is 56.2. The van der Waals surface area contributed by atoms with Gasteiger partial charge in [0.1, 0.15) is 17.8 Å². The van der Waals surface area contributed by atoms with Crippen LogP contribution in [0, 0.1) is 52.3 Å². The van der Waals surface area contributed by atoms with Gasteiger partial charge in [0.25, 0.3) is 0 Å². The molecule has 9 saturated carbocycles. The third kappa shape index (κ3) is 21.7. The maximum atomic E-state index is 12.8. The zero-order chi connectivity index (χ0) is 66.8. The van der Waals surface area contributed by atoms with E-state index in [1.807, 2.05) is 0 Å². The number of nitrogens with two attached hydrogens (primary N) is 1. The molecular formula is C62H105B3ClF3N4O16-2. The largest absolute Gasteiger partial charge is 1.00 e. The molecule has 11 rings (SSSR count). The Morgan fingerprint density at radius 2 is 0.955 bits per heavy atom. The second kappa shape index (κ2) is 33.5. The minimum absolute atomic E-state index is 0. The van der Waals surface area contributed by atoms with Gasteiger partial charge < -0.3 is 77.8 Å². The molecule has 2 saturated heterocycles. The highest BCUT2D eigenvalue weighted by Gasteiger charge is 2.70. The molecule has 20 nitrogen and oxygen atoms in total. The van der Waals surface area contributed by atoms with Gasteiger partial charge in [-0.1, -0.05) is 92.4 Å². The topological polar surface area (TPSA) is 319 Å². The van der Waals surface area contributed by atoms with Crippen LogP contribution in [-0.4, -0.2) is 137 Å². The minimum atomic E-state index is -5.19. The van der Waals surface area contributed by atoms with E-state index in [4.69, 9.17) is 39.4 Å². The Hall–Kier alpha value is -3.65. The van der Waals surface area contributed by atoms with Crippen molar-refractivity contribution in [3.05, 3.63) is 0 Å². The number of halogens is 4. The third-order valence-electron chi connectivity index (χ3n) is 21.3. The van der Waals surface area contributed by atoms with Gasteiger partial charge in [-0.15, -0.1) is 0 Å². The Morgan fingerprint density at radius 1 is 0.607 bits per heavy atom. The van der Waals surface area contributed by atoms with E-state index in [2.05, 4.69) is 64.4 Å². The standard InChI is InChI=1S/C22H36BNO4.C17H29BO2.C12H22BNO4.C5H9NO3.C4H9NO.C2HF3O2.ClH/c1-13(24-14(2)25)18(26)12-17(9-15-7-6-8-15)23-27-20-11-16-10-19(21(16,3)4)22(20,5)28-23;1-11(8-12-6-5-7-12)18-19-15-10-13-9-14(16(13,2)3)17(15,4)20-18;1-8(14-9(2)15)12(16)7-11(13(17)18)6-10-4-3-5-10;1-3(5(8)9)6-4(2)7;1-3(5)4(2)6;3-2(4,5)1(6)7;/h13,15-17,19-20H,6-12H2,1-5H3,(H,24,25);11-15H,5-10H2,1-4H3;8,10-11,17-18H,3-7H2,1-2H3,(H,14,15);3H,1-2H3,(H,6,7)(H,8,9);3H,5H2,1-2H3;(H,6,7);1H/p-2/t13?,16-,17+,19-,20+,22-;11-,13-,14-,15+,17-;8?,11-;;;;/m001..../s1. The number of Topliss-reactive ketones (excluding diaryl/α,β-unsaturated/α-hetero) is 3. The molecule has 0 aromatic carbocycles. The molecule has 11 aliphatic rings. The summed E-state index contributed by atoms with van der Waals surface area (Å²) in [6.45, 7) is 28.5. The molecular weight excluding hydrogens is 1180 g/mol. The van der Waals surface area contributed by atoms with E-state index in [0.717, 1.165) is 43.4 Å². The van der Waals surface area contributed by atoms with Crippen LogP contribution in [0.2, 0.25) is 17.5 Å². The number of hydrogen-bond acceptors (Lipinski definition) is 16. The molecule has 0 aromatic rings. The van der Waals surface area contributed by atoms with Crippen LogP contribution in [0.25, 0.3) is 0 Å². The summed E-state index contributed by atoms with van der Waals surface area (Å²) in [6.07, 6.45) is 15.2. The number of carbonyl (C=O) groups is 8. The van der Waals surface area contributed by atoms with Gasteiger partial charge >= 0.3 is 33.5 Å². The number of carboxylic acid groups (broad SMARTS) is 2. The lowest BCUT2D eigenvalue weighted by atomic mass is 9.43. The van der Waals surface area contributed by atoms with E-state index in [0.29, 0.717) is 59.3 Å². The minimum Gasteiger partial charge on any atom is -1.00 e. The van der Waals surface area contributed by atoms with Crippen LogP contribution in [0.5, 0.6) is 0 Å². The third-order valence-corrected chi connectivity index (χ3v) is 21.3. The van der Waals surface area contributed by atoms with Crippen LogP contribution in [0.4, 0.5) is 13.2 Å². The number of amides is 3. The van der Waals surface area contributed by atoms with Crippen molar-refractivity contribution in [2.45, 2.75) is 291 Å².